The Bertz CT molecular complexity index is 1120. The zero-order valence-electron chi connectivity index (χ0n) is 16.5. The molecule has 0 bridgehead atoms. The van der Waals surface area contributed by atoms with Crippen LogP contribution in [-0.2, 0) is 14.8 Å². The highest BCUT2D eigenvalue weighted by Crippen LogP contribution is 2.20. The first-order valence-electron chi connectivity index (χ1n) is 9.13. The highest BCUT2D eigenvalue weighted by molar-refractivity contribution is 7.98. The van der Waals surface area contributed by atoms with Crippen molar-refractivity contribution in [3.05, 3.63) is 59.5 Å². The molecule has 1 aromatic carbocycles. The normalized spacial score (nSPS) is 12.9. The van der Waals surface area contributed by atoms with Crippen molar-refractivity contribution in [3.8, 4) is 0 Å². The van der Waals surface area contributed by atoms with Crippen LogP contribution in [0.4, 0.5) is 0 Å². The summed E-state index contributed by atoms with van der Waals surface area (Å²) in [6, 6.07) is 11.0. The second-order valence-corrected chi connectivity index (χ2v) is 10.1. The van der Waals surface area contributed by atoms with E-state index in [-0.39, 0.29) is 11.4 Å². The van der Waals surface area contributed by atoms with Crippen LogP contribution in [0, 0.1) is 0 Å². The van der Waals surface area contributed by atoms with Crippen LogP contribution < -0.4 is 5.32 Å². The third-order valence-corrected chi connectivity index (χ3v) is 7.20. The maximum Gasteiger partial charge on any atom is 0.243 e. The molecule has 3 aromatic rings. The number of rotatable bonds is 9. The first-order chi connectivity index (χ1) is 14.3. The fraction of sp³-hybridized carbons (Fsp3) is 0.316. The zero-order chi connectivity index (χ0) is 21.7. The molecular formula is C19H22ClN5O3S2. The Labute approximate surface area is 184 Å². The topological polar surface area (TPSA) is 96.7 Å². The Hall–Kier alpha value is -2.14. The maximum absolute atomic E-state index is 12.7. The largest absolute Gasteiger partial charge is 0.345 e. The number of fused-ring (bicyclic) bond motifs is 1. The number of benzene rings is 1. The van der Waals surface area contributed by atoms with Crippen LogP contribution in [-0.4, -0.2) is 58.8 Å². The van der Waals surface area contributed by atoms with Crippen molar-refractivity contribution >= 4 is 44.9 Å². The SMILES string of the molecule is CSCCC(NC(=O)CN(C)S(=O)(=O)c1ccc(Cl)cc1)c1nnc2ccccn12. The number of nitrogens with zero attached hydrogens (tertiary/aromatic N) is 4. The Balaban J connectivity index is 1.75. The van der Waals surface area contributed by atoms with Crippen molar-refractivity contribution in [1.82, 2.24) is 24.2 Å². The molecule has 0 radical (unpaired) electrons. The molecule has 1 N–H and O–H groups in total. The van der Waals surface area contributed by atoms with E-state index in [0.29, 0.717) is 22.9 Å². The summed E-state index contributed by atoms with van der Waals surface area (Å²) in [5.41, 5.74) is 0.679. The number of pyridine rings is 1. The van der Waals surface area contributed by atoms with Crippen LogP contribution in [0.2, 0.25) is 5.02 Å². The molecule has 30 heavy (non-hydrogen) atoms. The van der Waals surface area contributed by atoms with Gasteiger partial charge >= 0.3 is 0 Å². The molecule has 0 aliphatic rings. The Morgan fingerprint density at radius 2 is 1.97 bits per heavy atom. The maximum atomic E-state index is 12.7. The van der Waals surface area contributed by atoms with Gasteiger partial charge in [0, 0.05) is 18.3 Å². The summed E-state index contributed by atoms with van der Waals surface area (Å²) in [5.74, 6) is 0.982. The number of aromatic nitrogens is 3. The van der Waals surface area contributed by atoms with E-state index in [9.17, 15) is 13.2 Å². The third-order valence-electron chi connectivity index (χ3n) is 4.49. The van der Waals surface area contributed by atoms with Crippen LogP contribution in [0.5, 0.6) is 0 Å². The van der Waals surface area contributed by atoms with Gasteiger partial charge in [-0.25, -0.2) is 8.42 Å². The highest BCUT2D eigenvalue weighted by Gasteiger charge is 2.25. The van der Waals surface area contributed by atoms with E-state index in [4.69, 9.17) is 11.6 Å². The zero-order valence-corrected chi connectivity index (χ0v) is 18.9. The molecule has 160 valence electrons. The first-order valence-corrected chi connectivity index (χ1v) is 12.3. The van der Waals surface area contributed by atoms with Crippen molar-refractivity contribution in [1.29, 1.82) is 0 Å². The van der Waals surface area contributed by atoms with Gasteiger partial charge in [0.2, 0.25) is 15.9 Å². The molecule has 0 saturated heterocycles. The predicted octanol–water partition coefficient (Wildman–Crippen LogP) is 2.61. The molecule has 0 fully saturated rings. The van der Waals surface area contributed by atoms with Gasteiger partial charge < -0.3 is 5.32 Å². The molecule has 8 nitrogen and oxygen atoms in total. The average Bonchev–Trinajstić information content (AvgIpc) is 3.15. The summed E-state index contributed by atoms with van der Waals surface area (Å²) in [6.45, 7) is -0.322. The Morgan fingerprint density at radius 1 is 1.23 bits per heavy atom. The lowest BCUT2D eigenvalue weighted by atomic mass is 10.2. The number of amides is 1. The van der Waals surface area contributed by atoms with Gasteiger partial charge in [-0.15, -0.1) is 10.2 Å². The van der Waals surface area contributed by atoms with Gasteiger partial charge in [-0.05, 0) is 54.8 Å². The van der Waals surface area contributed by atoms with Gasteiger partial charge in [-0.3, -0.25) is 9.20 Å². The van der Waals surface area contributed by atoms with Crippen LogP contribution in [0.15, 0.2) is 53.6 Å². The van der Waals surface area contributed by atoms with Crippen molar-refractivity contribution in [2.45, 2.75) is 17.4 Å². The molecule has 2 aromatic heterocycles. The van der Waals surface area contributed by atoms with E-state index in [2.05, 4.69) is 15.5 Å². The number of likely N-dealkylation sites (N-methyl/N-ethyl adjacent to an activating group) is 1. The smallest absolute Gasteiger partial charge is 0.243 e. The first kappa shape index (κ1) is 22.5. The van der Waals surface area contributed by atoms with Crippen molar-refractivity contribution in [3.63, 3.8) is 0 Å². The fourth-order valence-corrected chi connectivity index (χ4v) is 4.64. The van der Waals surface area contributed by atoms with E-state index in [0.717, 1.165) is 10.1 Å². The number of thioether (sulfide) groups is 1. The second-order valence-electron chi connectivity index (χ2n) is 6.60. The Kier molecular flexibility index (Phi) is 7.35. The van der Waals surface area contributed by atoms with E-state index in [1.54, 1.807) is 11.8 Å². The number of carbonyl (C=O) groups excluding carboxylic acids is 1. The van der Waals surface area contributed by atoms with Gasteiger partial charge in [0.25, 0.3) is 0 Å². The van der Waals surface area contributed by atoms with E-state index >= 15 is 0 Å². The van der Waals surface area contributed by atoms with E-state index in [1.165, 1.54) is 31.3 Å². The number of hydrogen-bond donors (Lipinski definition) is 1. The minimum Gasteiger partial charge on any atom is -0.345 e. The summed E-state index contributed by atoms with van der Waals surface area (Å²) in [7, 11) is -2.45. The number of nitrogens with one attached hydrogen (secondary N) is 1. The molecule has 0 aliphatic carbocycles. The number of carbonyl (C=O) groups is 1. The number of hydrogen-bond acceptors (Lipinski definition) is 6. The third kappa shape index (κ3) is 5.12. The lowest BCUT2D eigenvalue weighted by Gasteiger charge is -2.20. The summed E-state index contributed by atoms with van der Waals surface area (Å²) in [5, 5.41) is 11.7. The molecular weight excluding hydrogens is 446 g/mol. The van der Waals surface area contributed by atoms with Gasteiger partial charge in [0.1, 0.15) is 0 Å². The molecule has 0 aliphatic heterocycles. The number of halogens is 1. The minimum absolute atomic E-state index is 0.0737. The average molecular weight is 468 g/mol. The molecule has 3 rings (SSSR count). The van der Waals surface area contributed by atoms with Crippen LogP contribution >= 0.6 is 23.4 Å². The fourth-order valence-electron chi connectivity index (χ4n) is 2.91. The van der Waals surface area contributed by atoms with Gasteiger partial charge in [-0.2, -0.15) is 16.1 Å². The van der Waals surface area contributed by atoms with Gasteiger partial charge in [0.05, 0.1) is 17.5 Å². The van der Waals surface area contributed by atoms with Crippen LogP contribution in [0.1, 0.15) is 18.3 Å². The lowest BCUT2D eigenvalue weighted by Crippen LogP contribution is -2.40. The molecule has 1 atom stereocenters. The van der Waals surface area contributed by atoms with Gasteiger partial charge in [-0.1, -0.05) is 17.7 Å². The summed E-state index contributed by atoms with van der Waals surface area (Å²) in [6.07, 6.45) is 4.45. The van der Waals surface area contributed by atoms with E-state index < -0.39 is 22.0 Å². The van der Waals surface area contributed by atoms with E-state index in [1.807, 2.05) is 35.1 Å². The molecule has 1 unspecified atom stereocenters. The second kappa shape index (κ2) is 9.78. The predicted molar refractivity (Wildman–Crippen MR) is 118 cm³/mol. The van der Waals surface area contributed by atoms with Crippen LogP contribution in [0.3, 0.4) is 0 Å². The van der Waals surface area contributed by atoms with Crippen molar-refractivity contribution in [2.24, 2.45) is 0 Å². The van der Waals surface area contributed by atoms with Crippen LogP contribution in [0.25, 0.3) is 5.65 Å². The standard InChI is InChI=1S/C19H22ClN5O3S2/c1-24(30(27,28)15-8-6-14(20)7-9-15)13-18(26)21-16(10-12-29-2)19-23-22-17-5-3-4-11-25(17)19/h3-9,11,16H,10,12-13H2,1-2H3,(H,21,26). The summed E-state index contributed by atoms with van der Waals surface area (Å²) < 4.78 is 28.3. The molecule has 11 heteroatoms. The lowest BCUT2D eigenvalue weighted by molar-refractivity contribution is -0.122. The molecule has 0 saturated carbocycles. The van der Waals surface area contributed by atoms with Crippen molar-refractivity contribution in [2.75, 3.05) is 25.6 Å². The quantitative estimate of drug-likeness (QED) is 0.519. The Morgan fingerprint density at radius 3 is 2.67 bits per heavy atom. The minimum atomic E-state index is -3.82. The van der Waals surface area contributed by atoms with Gasteiger partial charge in [0.15, 0.2) is 11.5 Å². The molecule has 1 amide bonds. The highest BCUT2D eigenvalue weighted by atomic mass is 35.5. The molecule has 0 spiro atoms. The molecule has 2 heterocycles. The van der Waals surface area contributed by atoms with Crippen molar-refractivity contribution < 1.29 is 13.2 Å². The monoisotopic (exact) mass is 467 g/mol. The summed E-state index contributed by atoms with van der Waals surface area (Å²) in [4.78, 5) is 12.8. The summed E-state index contributed by atoms with van der Waals surface area (Å²) >= 11 is 7.48. The number of sulfonamides is 1.